The van der Waals surface area contributed by atoms with E-state index in [1.165, 1.54) is 0 Å². The second-order valence-electron chi connectivity index (χ2n) is 2.18. The van der Waals surface area contributed by atoms with Crippen molar-refractivity contribution in [1.82, 2.24) is 5.32 Å². The first kappa shape index (κ1) is 14.0. The fourth-order valence-corrected chi connectivity index (χ4v) is 1.03. The van der Waals surface area contributed by atoms with Crippen molar-refractivity contribution in [2.45, 2.75) is 47.5 Å². The van der Waals surface area contributed by atoms with Gasteiger partial charge in [-0.1, -0.05) is 34.6 Å². The largest absolute Gasteiger partial charge is 0.356 e. The molecule has 1 aliphatic rings. The SMILES string of the molecule is CC.CC.CC[C@H]1CCNC1=O. The molecule has 0 spiro atoms. The zero-order valence-corrected chi connectivity index (χ0v) is 9.11. The summed E-state index contributed by atoms with van der Waals surface area (Å²) in [5, 5.41) is 2.78. The van der Waals surface area contributed by atoms with Gasteiger partial charge in [0.1, 0.15) is 0 Å². The van der Waals surface area contributed by atoms with Gasteiger partial charge in [0.15, 0.2) is 0 Å². The molecule has 2 nitrogen and oxygen atoms in total. The highest BCUT2D eigenvalue weighted by Crippen LogP contribution is 2.11. The van der Waals surface area contributed by atoms with Crippen molar-refractivity contribution in [1.29, 1.82) is 0 Å². The molecule has 1 heterocycles. The molecular weight excluding hydrogens is 150 g/mol. The molecule has 1 atom stereocenters. The minimum atomic E-state index is 0.243. The average molecular weight is 173 g/mol. The van der Waals surface area contributed by atoms with Crippen LogP contribution in [0.2, 0.25) is 0 Å². The molecule has 1 N–H and O–H groups in total. The highest BCUT2D eigenvalue weighted by atomic mass is 16.2. The summed E-state index contributed by atoms with van der Waals surface area (Å²) < 4.78 is 0. The first-order chi connectivity index (χ1) is 5.84. The van der Waals surface area contributed by atoms with Crippen LogP contribution in [-0.4, -0.2) is 12.5 Å². The minimum Gasteiger partial charge on any atom is -0.356 e. The van der Waals surface area contributed by atoms with Crippen LogP contribution in [0, 0.1) is 5.92 Å². The number of carbonyl (C=O) groups is 1. The van der Waals surface area contributed by atoms with Crippen LogP contribution in [0.1, 0.15) is 47.5 Å². The highest BCUT2D eigenvalue weighted by molar-refractivity contribution is 5.80. The Morgan fingerprint density at radius 3 is 2.00 bits per heavy atom. The number of hydrogen-bond donors (Lipinski definition) is 1. The first-order valence-corrected chi connectivity index (χ1v) is 5.12. The van der Waals surface area contributed by atoms with Crippen molar-refractivity contribution in [2.24, 2.45) is 5.92 Å². The standard InChI is InChI=1S/C6H11NO.2C2H6/c1-2-5-3-4-7-6(5)8;2*1-2/h5H,2-4H2,1H3,(H,7,8);2*1-2H3/t5-;;/m0../s1. The van der Waals surface area contributed by atoms with E-state index in [1.807, 2.05) is 27.7 Å². The van der Waals surface area contributed by atoms with Crippen LogP contribution >= 0.6 is 0 Å². The zero-order valence-electron chi connectivity index (χ0n) is 9.11. The summed E-state index contributed by atoms with van der Waals surface area (Å²) in [6.07, 6.45) is 2.03. The van der Waals surface area contributed by atoms with Crippen LogP contribution in [0.25, 0.3) is 0 Å². The van der Waals surface area contributed by atoms with Crippen LogP contribution in [0.5, 0.6) is 0 Å². The predicted octanol–water partition coefficient (Wildman–Crippen LogP) is 2.58. The van der Waals surface area contributed by atoms with Gasteiger partial charge in [0.2, 0.25) is 5.91 Å². The Kier molecular flexibility index (Phi) is 12.2. The molecular formula is C10H23NO. The van der Waals surface area contributed by atoms with E-state index in [2.05, 4.69) is 12.2 Å². The van der Waals surface area contributed by atoms with Crippen molar-refractivity contribution in [3.63, 3.8) is 0 Å². The fourth-order valence-electron chi connectivity index (χ4n) is 1.03. The topological polar surface area (TPSA) is 29.1 Å². The lowest BCUT2D eigenvalue weighted by Gasteiger charge is -1.97. The maximum atomic E-state index is 10.7. The summed E-state index contributed by atoms with van der Waals surface area (Å²) in [7, 11) is 0. The Hall–Kier alpha value is -0.530. The molecule has 0 aromatic heterocycles. The molecule has 1 aliphatic heterocycles. The van der Waals surface area contributed by atoms with E-state index in [-0.39, 0.29) is 5.91 Å². The molecule has 0 aromatic carbocycles. The van der Waals surface area contributed by atoms with E-state index in [0.717, 1.165) is 19.4 Å². The van der Waals surface area contributed by atoms with E-state index in [9.17, 15) is 4.79 Å². The van der Waals surface area contributed by atoms with Gasteiger partial charge >= 0.3 is 0 Å². The van der Waals surface area contributed by atoms with Crippen LogP contribution in [0.4, 0.5) is 0 Å². The minimum absolute atomic E-state index is 0.243. The van der Waals surface area contributed by atoms with E-state index < -0.39 is 0 Å². The van der Waals surface area contributed by atoms with E-state index in [4.69, 9.17) is 0 Å². The average Bonchev–Trinajstić information content (AvgIpc) is 2.58. The third-order valence-electron chi connectivity index (χ3n) is 1.66. The molecule has 74 valence electrons. The van der Waals surface area contributed by atoms with Crippen LogP contribution in [-0.2, 0) is 4.79 Å². The molecule has 1 rings (SSSR count). The molecule has 0 saturated carbocycles. The third kappa shape index (κ3) is 5.16. The van der Waals surface area contributed by atoms with Gasteiger partial charge in [-0.25, -0.2) is 0 Å². The highest BCUT2D eigenvalue weighted by Gasteiger charge is 2.20. The van der Waals surface area contributed by atoms with Gasteiger partial charge < -0.3 is 5.32 Å². The van der Waals surface area contributed by atoms with Gasteiger partial charge in [0, 0.05) is 12.5 Å². The molecule has 0 aromatic rings. The smallest absolute Gasteiger partial charge is 0.223 e. The predicted molar refractivity (Wildman–Crippen MR) is 54.1 cm³/mol. The molecule has 1 saturated heterocycles. The van der Waals surface area contributed by atoms with Crippen LogP contribution in [0.3, 0.4) is 0 Å². The second kappa shape index (κ2) is 10.5. The molecule has 0 radical (unpaired) electrons. The number of carbonyl (C=O) groups excluding carboxylic acids is 1. The van der Waals surface area contributed by atoms with Gasteiger partial charge in [-0.15, -0.1) is 0 Å². The van der Waals surface area contributed by atoms with Gasteiger partial charge in [-0.3, -0.25) is 4.79 Å². The molecule has 0 unspecified atom stereocenters. The molecule has 12 heavy (non-hydrogen) atoms. The number of nitrogens with one attached hydrogen (secondary N) is 1. The van der Waals surface area contributed by atoms with E-state index in [0.29, 0.717) is 5.92 Å². The normalized spacial score (nSPS) is 19.8. The monoisotopic (exact) mass is 173 g/mol. The lowest BCUT2D eigenvalue weighted by atomic mass is 10.1. The first-order valence-electron chi connectivity index (χ1n) is 5.12. The Morgan fingerprint density at radius 2 is 1.83 bits per heavy atom. The van der Waals surface area contributed by atoms with Crippen molar-refractivity contribution in [3.05, 3.63) is 0 Å². The summed E-state index contributed by atoms with van der Waals surface area (Å²) in [5.41, 5.74) is 0. The number of hydrogen-bond acceptors (Lipinski definition) is 1. The van der Waals surface area contributed by atoms with Crippen molar-refractivity contribution < 1.29 is 4.79 Å². The molecule has 2 heteroatoms. The maximum absolute atomic E-state index is 10.7. The van der Waals surface area contributed by atoms with Gasteiger partial charge in [0.25, 0.3) is 0 Å². The second-order valence-corrected chi connectivity index (χ2v) is 2.18. The van der Waals surface area contributed by atoms with Crippen molar-refractivity contribution in [2.75, 3.05) is 6.54 Å². The lowest BCUT2D eigenvalue weighted by molar-refractivity contribution is -0.122. The van der Waals surface area contributed by atoms with Crippen LogP contribution < -0.4 is 5.32 Å². The van der Waals surface area contributed by atoms with E-state index >= 15 is 0 Å². The Morgan fingerprint density at radius 1 is 1.33 bits per heavy atom. The van der Waals surface area contributed by atoms with Gasteiger partial charge in [0.05, 0.1) is 0 Å². The van der Waals surface area contributed by atoms with Gasteiger partial charge in [-0.2, -0.15) is 0 Å². The van der Waals surface area contributed by atoms with Crippen molar-refractivity contribution >= 4 is 5.91 Å². The summed E-state index contributed by atoms with van der Waals surface area (Å²) in [6, 6.07) is 0. The summed E-state index contributed by atoms with van der Waals surface area (Å²) in [6.45, 7) is 10.9. The van der Waals surface area contributed by atoms with Crippen LogP contribution in [0.15, 0.2) is 0 Å². The Balaban J connectivity index is 0. The fraction of sp³-hybridized carbons (Fsp3) is 0.900. The molecule has 0 bridgehead atoms. The molecule has 1 fully saturated rings. The maximum Gasteiger partial charge on any atom is 0.223 e. The number of amides is 1. The summed E-state index contributed by atoms with van der Waals surface area (Å²) in [4.78, 5) is 10.7. The summed E-state index contributed by atoms with van der Waals surface area (Å²) in [5.74, 6) is 0.558. The quantitative estimate of drug-likeness (QED) is 0.649. The van der Waals surface area contributed by atoms with E-state index in [1.54, 1.807) is 0 Å². The van der Waals surface area contributed by atoms with Crippen molar-refractivity contribution in [3.8, 4) is 0 Å². The lowest BCUT2D eigenvalue weighted by Crippen LogP contribution is -2.18. The number of rotatable bonds is 1. The Labute approximate surface area is 76.7 Å². The molecule has 0 aliphatic carbocycles. The zero-order chi connectivity index (χ0) is 9.98. The molecule has 1 amide bonds. The Bertz CT molecular complexity index is 102. The summed E-state index contributed by atoms with van der Waals surface area (Å²) >= 11 is 0. The third-order valence-corrected chi connectivity index (χ3v) is 1.66. The van der Waals surface area contributed by atoms with Gasteiger partial charge in [-0.05, 0) is 12.8 Å².